The predicted molar refractivity (Wildman–Crippen MR) is 54.3 cm³/mol. The Kier molecular flexibility index (Phi) is 2.71. The summed E-state index contributed by atoms with van der Waals surface area (Å²) in [6.45, 7) is 2.06. The molecule has 1 aromatic rings. The first-order chi connectivity index (χ1) is 7.24. The molecule has 2 rings (SSSR count). The van der Waals surface area contributed by atoms with Crippen LogP contribution in [0.15, 0.2) is 18.2 Å². The Morgan fingerprint density at radius 1 is 1.53 bits per heavy atom. The van der Waals surface area contributed by atoms with Gasteiger partial charge in [-0.3, -0.25) is 0 Å². The van der Waals surface area contributed by atoms with Crippen molar-refractivity contribution in [1.29, 1.82) is 0 Å². The van der Waals surface area contributed by atoms with Crippen molar-refractivity contribution >= 4 is 5.97 Å². The van der Waals surface area contributed by atoms with E-state index >= 15 is 0 Å². The number of halogens is 1. The molecule has 0 N–H and O–H groups in total. The summed E-state index contributed by atoms with van der Waals surface area (Å²) in [5.74, 6) is -0.493. The molecular formula is C12H13FO2. The smallest absolute Gasteiger partial charge is 0.338 e. The molecule has 0 heterocycles. The number of esters is 1. The summed E-state index contributed by atoms with van der Waals surface area (Å²) in [5, 5.41) is 0. The second kappa shape index (κ2) is 4.01. The summed E-state index contributed by atoms with van der Waals surface area (Å²) in [4.78, 5) is 11.6. The Balaban J connectivity index is 2.36. The van der Waals surface area contributed by atoms with Crippen LogP contribution >= 0.6 is 0 Å². The van der Waals surface area contributed by atoms with Gasteiger partial charge in [-0.15, -0.1) is 0 Å². The summed E-state index contributed by atoms with van der Waals surface area (Å²) in [6.07, 6.45) is 1.93. The largest absolute Gasteiger partial charge is 0.462 e. The summed E-state index contributed by atoms with van der Waals surface area (Å²) >= 11 is 0. The van der Waals surface area contributed by atoms with Gasteiger partial charge in [0.05, 0.1) is 12.2 Å². The molecule has 0 unspecified atom stereocenters. The van der Waals surface area contributed by atoms with Crippen LogP contribution in [0.3, 0.4) is 0 Å². The van der Waals surface area contributed by atoms with Gasteiger partial charge in [0.25, 0.3) is 0 Å². The summed E-state index contributed by atoms with van der Waals surface area (Å²) in [5.41, 5.74) is 0.926. The quantitative estimate of drug-likeness (QED) is 0.714. The van der Waals surface area contributed by atoms with Crippen molar-refractivity contribution in [2.45, 2.75) is 25.7 Å². The topological polar surface area (TPSA) is 26.3 Å². The monoisotopic (exact) mass is 208 g/mol. The minimum atomic E-state index is -0.418. The molecule has 1 fully saturated rings. The molecule has 0 aromatic heterocycles. The van der Waals surface area contributed by atoms with Gasteiger partial charge in [-0.25, -0.2) is 9.18 Å². The number of benzene rings is 1. The molecule has 1 aliphatic rings. The van der Waals surface area contributed by atoms with E-state index in [0.717, 1.165) is 12.8 Å². The Hall–Kier alpha value is -1.38. The van der Waals surface area contributed by atoms with Crippen molar-refractivity contribution in [2.24, 2.45) is 0 Å². The zero-order valence-electron chi connectivity index (χ0n) is 8.63. The molecule has 0 amide bonds. The van der Waals surface area contributed by atoms with Crippen molar-refractivity contribution in [3.63, 3.8) is 0 Å². The van der Waals surface area contributed by atoms with Crippen LogP contribution in [0, 0.1) is 5.82 Å². The maximum Gasteiger partial charge on any atom is 0.338 e. The maximum atomic E-state index is 13.5. The van der Waals surface area contributed by atoms with Crippen LogP contribution in [0.2, 0.25) is 0 Å². The van der Waals surface area contributed by atoms with E-state index in [-0.39, 0.29) is 11.7 Å². The molecule has 1 aliphatic carbocycles. The number of ether oxygens (including phenoxy) is 1. The lowest BCUT2D eigenvalue weighted by molar-refractivity contribution is 0.0524. The molecule has 0 aliphatic heterocycles. The van der Waals surface area contributed by atoms with Crippen LogP contribution in [0.1, 0.15) is 41.6 Å². The zero-order valence-corrected chi connectivity index (χ0v) is 8.63. The van der Waals surface area contributed by atoms with E-state index in [2.05, 4.69) is 0 Å². The second-order valence-corrected chi connectivity index (χ2v) is 3.70. The number of rotatable bonds is 3. The molecule has 2 nitrogen and oxygen atoms in total. The van der Waals surface area contributed by atoms with Gasteiger partial charge < -0.3 is 4.74 Å². The normalized spacial score (nSPS) is 15.1. The molecule has 15 heavy (non-hydrogen) atoms. The molecule has 3 heteroatoms. The summed E-state index contributed by atoms with van der Waals surface area (Å²) in [6, 6.07) is 4.58. The average molecular weight is 208 g/mol. The number of carbonyl (C=O) groups is 1. The first-order valence-corrected chi connectivity index (χ1v) is 5.19. The van der Waals surface area contributed by atoms with E-state index in [0.29, 0.717) is 17.7 Å². The number of carbonyl (C=O) groups excluding carboxylic acids is 1. The van der Waals surface area contributed by atoms with E-state index in [4.69, 9.17) is 4.74 Å². The van der Waals surface area contributed by atoms with Gasteiger partial charge in [-0.05, 0) is 37.8 Å². The van der Waals surface area contributed by atoms with Gasteiger partial charge in [0.2, 0.25) is 0 Å². The molecule has 80 valence electrons. The standard InChI is InChI=1S/C12H13FO2/c1-2-15-12(14)9-4-3-5-10(13)11(9)8-6-7-8/h3-5,8H,2,6-7H2,1H3. The van der Waals surface area contributed by atoms with E-state index in [9.17, 15) is 9.18 Å². The molecule has 1 saturated carbocycles. The average Bonchev–Trinajstić information content (AvgIpc) is 3.01. The molecule has 0 saturated heterocycles. The first kappa shape index (κ1) is 10.1. The lowest BCUT2D eigenvalue weighted by atomic mass is 10.0. The van der Waals surface area contributed by atoms with Crippen LogP contribution in [-0.2, 0) is 4.74 Å². The molecule has 1 aromatic carbocycles. The fourth-order valence-electron chi connectivity index (χ4n) is 1.71. The minimum Gasteiger partial charge on any atom is -0.462 e. The Morgan fingerprint density at radius 3 is 2.87 bits per heavy atom. The molecule has 0 spiro atoms. The highest BCUT2D eigenvalue weighted by atomic mass is 19.1. The minimum absolute atomic E-state index is 0.214. The lowest BCUT2D eigenvalue weighted by Crippen LogP contribution is -2.09. The molecule has 0 bridgehead atoms. The van der Waals surface area contributed by atoms with E-state index in [1.165, 1.54) is 6.07 Å². The van der Waals surface area contributed by atoms with E-state index in [1.807, 2.05) is 0 Å². The number of hydrogen-bond donors (Lipinski definition) is 0. The predicted octanol–water partition coefficient (Wildman–Crippen LogP) is 2.88. The summed E-state index contributed by atoms with van der Waals surface area (Å²) in [7, 11) is 0. The van der Waals surface area contributed by atoms with Crippen LogP contribution in [0.5, 0.6) is 0 Å². The lowest BCUT2D eigenvalue weighted by Gasteiger charge is -2.08. The van der Waals surface area contributed by atoms with E-state index < -0.39 is 5.97 Å². The third-order valence-corrected chi connectivity index (χ3v) is 2.53. The molecular weight excluding hydrogens is 195 g/mol. The Bertz CT molecular complexity index is 383. The summed E-state index contributed by atoms with van der Waals surface area (Å²) < 4.78 is 18.4. The van der Waals surface area contributed by atoms with Crippen LogP contribution in [0.4, 0.5) is 4.39 Å². The third kappa shape index (κ3) is 2.01. The van der Waals surface area contributed by atoms with Gasteiger partial charge in [0, 0.05) is 5.56 Å². The van der Waals surface area contributed by atoms with Crippen molar-refractivity contribution in [1.82, 2.24) is 0 Å². The van der Waals surface area contributed by atoms with Gasteiger partial charge in [0.15, 0.2) is 0 Å². The number of hydrogen-bond acceptors (Lipinski definition) is 2. The van der Waals surface area contributed by atoms with Crippen LogP contribution < -0.4 is 0 Å². The van der Waals surface area contributed by atoms with Crippen LogP contribution in [0.25, 0.3) is 0 Å². The van der Waals surface area contributed by atoms with Gasteiger partial charge in [-0.2, -0.15) is 0 Å². The fraction of sp³-hybridized carbons (Fsp3) is 0.417. The zero-order chi connectivity index (χ0) is 10.8. The van der Waals surface area contributed by atoms with Gasteiger partial charge >= 0.3 is 5.97 Å². The molecule has 0 radical (unpaired) electrons. The van der Waals surface area contributed by atoms with Gasteiger partial charge in [-0.1, -0.05) is 6.07 Å². The third-order valence-electron chi connectivity index (χ3n) is 2.53. The van der Waals surface area contributed by atoms with Crippen molar-refractivity contribution in [3.8, 4) is 0 Å². The fourth-order valence-corrected chi connectivity index (χ4v) is 1.71. The Morgan fingerprint density at radius 2 is 2.27 bits per heavy atom. The molecule has 0 atom stereocenters. The highest BCUT2D eigenvalue weighted by Gasteiger charge is 2.31. The highest BCUT2D eigenvalue weighted by Crippen LogP contribution is 2.43. The van der Waals surface area contributed by atoms with Crippen molar-refractivity contribution < 1.29 is 13.9 Å². The maximum absolute atomic E-state index is 13.5. The SMILES string of the molecule is CCOC(=O)c1cccc(F)c1C1CC1. The van der Waals surface area contributed by atoms with E-state index in [1.54, 1.807) is 19.1 Å². The first-order valence-electron chi connectivity index (χ1n) is 5.19. The Labute approximate surface area is 88.1 Å². The second-order valence-electron chi connectivity index (χ2n) is 3.70. The van der Waals surface area contributed by atoms with Gasteiger partial charge in [0.1, 0.15) is 5.82 Å². The van der Waals surface area contributed by atoms with Crippen molar-refractivity contribution in [2.75, 3.05) is 6.61 Å². The van der Waals surface area contributed by atoms with Crippen molar-refractivity contribution in [3.05, 3.63) is 35.1 Å². The van der Waals surface area contributed by atoms with Crippen LogP contribution in [-0.4, -0.2) is 12.6 Å². The highest BCUT2D eigenvalue weighted by molar-refractivity contribution is 5.91.